The maximum Gasteiger partial charge on any atom is 0.251 e. The molecular weight excluding hydrogens is 248 g/mol. The van der Waals surface area contributed by atoms with Gasteiger partial charge in [-0.1, -0.05) is 0 Å². The van der Waals surface area contributed by atoms with Gasteiger partial charge in [-0.05, 0) is 24.3 Å². The highest BCUT2D eigenvalue weighted by atomic mass is 16.3. The first kappa shape index (κ1) is 14.8. The monoisotopic (exact) mass is 264 g/mol. The quantitative estimate of drug-likeness (QED) is 0.819. The number of amides is 3. The molecule has 102 valence electrons. The van der Waals surface area contributed by atoms with Gasteiger partial charge in [0.1, 0.15) is 0 Å². The number of rotatable bonds is 4. The Morgan fingerprint density at radius 1 is 1.11 bits per heavy atom. The van der Waals surface area contributed by atoms with Crippen molar-refractivity contribution in [2.24, 2.45) is 0 Å². The number of carbonyl (C=O) groups is 3. The molecule has 2 N–H and O–H groups in total. The van der Waals surface area contributed by atoms with E-state index in [2.05, 4.69) is 5.32 Å². The predicted octanol–water partition coefficient (Wildman–Crippen LogP) is 0.308. The Hall–Kier alpha value is -2.21. The van der Waals surface area contributed by atoms with Gasteiger partial charge >= 0.3 is 0 Å². The van der Waals surface area contributed by atoms with Crippen LogP contribution in [0.5, 0.6) is 0 Å². The molecule has 0 spiro atoms. The lowest BCUT2D eigenvalue weighted by molar-refractivity contribution is -0.124. The molecule has 3 amide bonds. The Morgan fingerprint density at radius 2 is 1.63 bits per heavy atom. The molecule has 0 aromatic heterocycles. The number of benzene rings is 1. The molecule has 1 rings (SSSR count). The van der Waals surface area contributed by atoms with E-state index in [-0.39, 0.29) is 30.9 Å². The van der Waals surface area contributed by atoms with E-state index in [0.717, 1.165) is 4.90 Å². The van der Waals surface area contributed by atoms with Gasteiger partial charge in [-0.2, -0.15) is 0 Å². The molecule has 6 heteroatoms. The van der Waals surface area contributed by atoms with Crippen LogP contribution in [0.4, 0.5) is 5.69 Å². The molecule has 1 aromatic rings. The molecule has 0 unspecified atom stereocenters. The summed E-state index contributed by atoms with van der Waals surface area (Å²) >= 11 is 0. The summed E-state index contributed by atoms with van der Waals surface area (Å²) < 4.78 is 0. The van der Waals surface area contributed by atoms with Crippen LogP contribution < -0.4 is 10.2 Å². The molecule has 0 atom stereocenters. The van der Waals surface area contributed by atoms with Crippen molar-refractivity contribution in [1.29, 1.82) is 0 Å². The zero-order valence-electron chi connectivity index (χ0n) is 10.8. The second kappa shape index (κ2) is 6.65. The normalized spacial score (nSPS) is 9.84. The predicted molar refractivity (Wildman–Crippen MR) is 69.7 cm³/mol. The Bertz CT molecular complexity index is 468. The Kier molecular flexibility index (Phi) is 5.20. The largest absolute Gasteiger partial charge is 0.395 e. The number of carbonyl (C=O) groups excluding carboxylic acids is 3. The summed E-state index contributed by atoms with van der Waals surface area (Å²) in [5.41, 5.74) is 0.808. The van der Waals surface area contributed by atoms with Gasteiger partial charge in [-0.15, -0.1) is 0 Å². The van der Waals surface area contributed by atoms with E-state index in [1.54, 1.807) is 0 Å². The lowest BCUT2D eigenvalue weighted by Gasteiger charge is -2.17. The second-order valence-corrected chi connectivity index (χ2v) is 3.90. The third kappa shape index (κ3) is 3.89. The summed E-state index contributed by atoms with van der Waals surface area (Å²) in [6, 6.07) is 6.08. The van der Waals surface area contributed by atoms with Gasteiger partial charge in [0.2, 0.25) is 11.8 Å². The van der Waals surface area contributed by atoms with Crippen LogP contribution in [0.25, 0.3) is 0 Å². The van der Waals surface area contributed by atoms with Crippen molar-refractivity contribution >= 4 is 23.4 Å². The van der Waals surface area contributed by atoms with Crippen LogP contribution in [0.15, 0.2) is 24.3 Å². The Balaban J connectivity index is 2.89. The van der Waals surface area contributed by atoms with Gasteiger partial charge in [0, 0.05) is 26.0 Å². The van der Waals surface area contributed by atoms with Gasteiger partial charge < -0.3 is 10.4 Å². The molecule has 0 aliphatic carbocycles. The number of anilines is 1. The van der Waals surface area contributed by atoms with Crippen molar-refractivity contribution in [3.63, 3.8) is 0 Å². The van der Waals surface area contributed by atoms with Crippen LogP contribution in [0.1, 0.15) is 24.2 Å². The maximum absolute atomic E-state index is 11.6. The lowest BCUT2D eigenvalue weighted by Crippen LogP contribution is -2.33. The minimum Gasteiger partial charge on any atom is -0.395 e. The molecule has 0 bridgehead atoms. The van der Waals surface area contributed by atoms with E-state index in [0.29, 0.717) is 11.3 Å². The standard InChI is InChI=1S/C13H16N2O4/c1-9(17)15(10(2)18)12-5-3-11(4-6-12)13(19)14-7-8-16/h3-6,16H,7-8H2,1-2H3,(H,14,19). The third-order valence-electron chi connectivity index (χ3n) is 2.41. The molecule has 6 nitrogen and oxygen atoms in total. The van der Waals surface area contributed by atoms with E-state index in [4.69, 9.17) is 5.11 Å². The zero-order chi connectivity index (χ0) is 14.4. The van der Waals surface area contributed by atoms with E-state index in [1.807, 2.05) is 0 Å². The highest BCUT2D eigenvalue weighted by molar-refractivity contribution is 6.13. The molecular formula is C13H16N2O4. The average molecular weight is 264 g/mol. The van der Waals surface area contributed by atoms with Gasteiger partial charge in [-0.25, -0.2) is 0 Å². The van der Waals surface area contributed by atoms with Crippen LogP contribution in [0.3, 0.4) is 0 Å². The molecule has 1 aromatic carbocycles. The first-order valence-electron chi connectivity index (χ1n) is 5.77. The lowest BCUT2D eigenvalue weighted by atomic mass is 10.2. The Morgan fingerprint density at radius 3 is 2.05 bits per heavy atom. The molecule has 0 saturated heterocycles. The van der Waals surface area contributed by atoms with Crippen molar-refractivity contribution in [3.8, 4) is 0 Å². The second-order valence-electron chi connectivity index (χ2n) is 3.90. The summed E-state index contributed by atoms with van der Waals surface area (Å²) in [7, 11) is 0. The first-order valence-corrected chi connectivity index (χ1v) is 5.77. The highest BCUT2D eigenvalue weighted by Crippen LogP contribution is 2.16. The molecule has 0 radical (unpaired) electrons. The number of aliphatic hydroxyl groups is 1. The average Bonchev–Trinajstić information content (AvgIpc) is 2.36. The summed E-state index contributed by atoms with van der Waals surface area (Å²) in [6.45, 7) is 2.63. The minimum atomic E-state index is -0.384. The van der Waals surface area contributed by atoms with Crippen molar-refractivity contribution in [2.75, 3.05) is 18.1 Å². The number of nitrogens with zero attached hydrogens (tertiary/aromatic N) is 1. The first-order chi connectivity index (χ1) is 8.97. The van der Waals surface area contributed by atoms with Crippen molar-refractivity contribution < 1.29 is 19.5 Å². The number of hydrogen-bond donors (Lipinski definition) is 2. The minimum absolute atomic E-state index is 0.133. The van der Waals surface area contributed by atoms with E-state index in [1.165, 1.54) is 38.1 Å². The van der Waals surface area contributed by atoms with Gasteiger partial charge in [-0.3, -0.25) is 19.3 Å². The zero-order valence-corrected chi connectivity index (χ0v) is 10.8. The molecule has 0 heterocycles. The van der Waals surface area contributed by atoms with Crippen LogP contribution in [-0.4, -0.2) is 36.0 Å². The number of nitrogens with one attached hydrogen (secondary N) is 1. The van der Waals surface area contributed by atoms with Crippen LogP contribution >= 0.6 is 0 Å². The topological polar surface area (TPSA) is 86.7 Å². The van der Waals surface area contributed by atoms with Gasteiger partial charge in [0.05, 0.1) is 12.3 Å². The Labute approximate surface area is 111 Å². The van der Waals surface area contributed by atoms with Gasteiger partial charge in [0.25, 0.3) is 5.91 Å². The van der Waals surface area contributed by atoms with Gasteiger partial charge in [0.15, 0.2) is 0 Å². The number of hydrogen-bond acceptors (Lipinski definition) is 4. The molecule has 0 aliphatic heterocycles. The highest BCUT2D eigenvalue weighted by Gasteiger charge is 2.16. The van der Waals surface area contributed by atoms with E-state index >= 15 is 0 Å². The molecule has 0 fully saturated rings. The smallest absolute Gasteiger partial charge is 0.251 e. The summed E-state index contributed by atoms with van der Waals surface area (Å²) in [5, 5.41) is 11.1. The van der Waals surface area contributed by atoms with Crippen molar-refractivity contribution in [2.45, 2.75) is 13.8 Å². The number of aliphatic hydroxyl groups excluding tert-OH is 1. The van der Waals surface area contributed by atoms with E-state index < -0.39 is 0 Å². The fourth-order valence-corrected chi connectivity index (χ4v) is 1.62. The van der Waals surface area contributed by atoms with Crippen LogP contribution in [0, 0.1) is 0 Å². The fourth-order valence-electron chi connectivity index (χ4n) is 1.62. The van der Waals surface area contributed by atoms with Crippen molar-refractivity contribution in [3.05, 3.63) is 29.8 Å². The third-order valence-corrected chi connectivity index (χ3v) is 2.41. The summed E-state index contributed by atoms with van der Waals surface area (Å²) in [4.78, 5) is 35.3. The number of imide groups is 1. The summed E-state index contributed by atoms with van der Waals surface area (Å²) in [6.07, 6.45) is 0. The molecule has 0 aliphatic rings. The molecule has 19 heavy (non-hydrogen) atoms. The molecule has 0 saturated carbocycles. The van der Waals surface area contributed by atoms with Crippen molar-refractivity contribution in [1.82, 2.24) is 5.32 Å². The van der Waals surface area contributed by atoms with E-state index in [9.17, 15) is 14.4 Å². The fraction of sp³-hybridized carbons (Fsp3) is 0.308. The summed E-state index contributed by atoms with van der Waals surface area (Å²) in [5.74, 6) is -1.09. The maximum atomic E-state index is 11.6. The van der Waals surface area contributed by atoms with Crippen LogP contribution in [0.2, 0.25) is 0 Å². The SMILES string of the molecule is CC(=O)N(C(C)=O)c1ccc(C(=O)NCCO)cc1. The van der Waals surface area contributed by atoms with Crippen LogP contribution in [-0.2, 0) is 9.59 Å².